The van der Waals surface area contributed by atoms with Crippen LogP contribution in [0, 0.1) is 5.92 Å². The molecule has 0 spiro atoms. The van der Waals surface area contributed by atoms with Gasteiger partial charge in [-0.05, 0) is 29.9 Å². The fourth-order valence-electron chi connectivity index (χ4n) is 2.02. The molecule has 16 heavy (non-hydrogen) atoms. The molecule has 1 aliphatic carbocycles. The van der Waals surface area contributed by atoms with Gasteiger partial charge < -0.3 is 9.84 Å². The van der Waals surface area contributed by atoms with Crippen LogP contribution >= 0.6 is 0 Å². The summed E-state index contributed by atoms with van der Waals surface area (Å²) < 4.78 is 5.09. The highest BCUT2D eigenvalue weighted by Crippen LogP contribution is 2.35. The highest BCUT2D eigenvalue weighted by atomic mass is 16.5. The van der Waals surface area contributed by atoms with Gasteiger partial charge >= 0.3 is 0 Å². The highest BCUT2D eigenvalue weighted by Gasteiger charge is 2.22. The van der Waals surface area contributed by atoms with E-state index in [2.05, 4.69) is 0 Å². The quantitative estimate of drug-likeness (QED) is 0.798. The van der Waals surface area contributed by atoms with Crippen LogP contribution in [-0.4, -0.2) is 12.2 Å². The van der Waals surface area contributed by atoms with E-state index in [0.717, 1.165) is 29.9 Å². The van der Waals surface area contributed by atoms with Gasteiger partial charge in [0.25, 0.3) is 0 Å². The Morgan fingerprint density at radius 3 is 2.94 bits per heavy atom. The SMILES string of the molecule is COCc1cccc(C(O)CCC2CC2)c1. The van der Waals surface area contributed by atoms with Gasteiger partial charge in [-0.2, -0.15) is 0 Å². The molecular weight excluding hydrogens is 200 g/mol. The first-order valence-corrected chi connectivity index (χ1v) is 6.05. The average Bonchev–Trinajstić information content (AvgIpc) is 3.10. The van der Waals surface area contributed by atoms with Crippen LogP contribution in [0.4, 0.5) is 0 Å². The number of hydrogen-bond donors (Lipinski definition) is 1. The third kappa shape index (κ3) is 3.32. The van der Waals surface area contributed by atoms with Crippen LogP contribution in [0.5, 0.6) is 0 Å². The predicted molar refractivity (Wildman–Crippen MR) is 64.1 cm³/mol. The lowest BCUT2D eigenvalue weighted by Crippen LogP contribution is -1.99. The summed E-state index contributed by atoms with van der Waals surface area (Å²) in [4.78, 5) is 0. The Labute approximate surface area is 97.3 Å². The van der Waals surface area contributed by atoms with Crippen molar-refractivity contribution in [2.45, 2.75) is 38.4 Å². The van der Waals surface area contributed by atoms with Crippen LogP contribution in [0.15, 0.2) is 24.3 Å². The van der Waals surface area contributed by atoms with Crippen molar-refractivity contribution >= 4 is 0 Å². The van der Waals surface area contributed by atoms with Gasteiger partial charge in [-0.1, -0.05) is 37.1 Å². The lowest BCUT2D eigenvalue weighted by atomic mass is 10.0. The summed E-state index contributed by atoms with van der Waals surface area (Å²) in [5.74, 6) is 0.886. The molecule has 0 radical (unpaired) electrons. The van der Waals surface area contributed by atoms with Crippen LogP contribution in [0.3, 0.4) is 0 Å². The Balaban J connectivity index is 1.92. The molecule has 0 saturated heterocycles. The summed E-state index contributed by atoms with van der Waals surface area (Å²) in [6, 6.07) is 8.06. The lowest BCUT2D eigenvalue weighted by Gasteiger charge is -2.11. The molecule has 2 nitrogen and oxygen atoms in total. The molecule has 0 bridgehead atoms. The Bertz CT molecular complexity index is 331. The van der Waals surface area contributed by atoms with Crippen LogP contribution < -0.4 is 0 Å². The summed E-state index contributed by atoms with van der Waals surface area (Å²) in [5.41, 5.74) is 2.15. The molecule has 1 aromatic rings. The normalized spacial score (nSPS) is 17.4. The zero-order valence-corrected chi connectivity index (χ0v) is 9.86. The van der Waals surface area contributed by atoms with E-state index in [4.69, 9.17) is 4.74 Å². The van der Waals surface area contributed by atoms with Gasteiger partial charge in [0, 0.05) is 7.11 Å². The second kappa shape index (κ2) is 5.46. The summed E-state index contributed by atoms with van der Waals surface area (Å²) in [7, 11) is 1.69. The minimum absolute atomic E-state index is 0.308. The molecule has 0 amide bonds. The first-order valence-electron chi connectivity index (χ1n) is 6.05. The molecule has 88 valence electrons. The number of ether oxygens (including phenoxy) is 1. The standard InChI is InChI=1S/C14H20O2/c1-16-10-12-3-2-4-13(9-12)14(15)8-7-11-5-6-11/h2-4,9,11,14-15H,5-8,10H2,1H3. The lowest BCUT2D eigenvalue weighted by molar-refractivity contribution is 0.161. The Kier molecular flexibility index (Phi) is 3.97. The number of aliphatic hydroxyl groups excluding tert-OH is 1. The number of benzene rings is 1. The van der Waals surface area contributed by atoms with Crippen molar-refractivity contribution in [3.8, 4) is 0 Å². The van der Waals surface area contributed by atoms with E-state index in [-0.39, 0.29) is 6.10 Å². The first-order chi connectivity index (χ1) is 7.79. The van der Waals surface area contributed by atoms with Gasteiger partial charge in [0.2, 0.25) is 0 Å². The van der Waals surface area contributed by atoms with Gasteiger partial charge in [-0.25, -0.2) is 0 Å². The minimum Gasteiger partial charge on any atom is -0.388 e. The maximum absolute atomic E-state index is 10.0. The fraction of sp³-hybridized carbons (Fsp3) is 0.571. The van der Waals surface area contributed by atoms with Crippen molar-refractivity contribution in [1.82, 2.24) is 0 Å². The first kappa shape index (κ1) is 11.6. The van der Waals surface area contributed by atoms with E-state index in [1.807, 2.05) is 24.3 Å². The third-order valence-corrected chi connectivity index (χ3v) is 3.19. The molecule has 0 aliphatic heterocycles. The van der Waals surface area contributed by atoms with Crippen LogP contribution in [0.2, 0.25) is 0 Å². The van der Waals surface area contributed by atoms with E-state index in [1.54, 1.807) is 7.11 Å². The molecule has 1 unspecified atom stereocenters. The largest absolute Gasteiger partial charge is 0.388 e. The van der Waals surface area contributed by atoms with Crippen LogP contribution in [0.25, 0.3) is 0 Å². The van der Waals surface area contributed by atoms with Gasteiger partial charge in [0.05, 0.1) is 12.7 Å². The molecule has 1 fully saturated rings. The van der Waals surface area contributed by atoms with Crippen molar-refractivity contribution in [2.75, 3.05) is 7.11 Å². The molecule has 1 saturated carbocycles. The molecule has 0 heterocycles. The van der Waals surface area contributed by atoms with E-state index >= 15 is 0 Å². The molecule has 1 atom stereocenters. The summed E-state index contributed by atoms with van der Waals surface area (Å²) in [6.45, 7) is 0.614. The summed E-state index contributed by atoms with van der Waals surface area (Å²) in [6.07, 6.45) is 4.46. The van der Waals surface area contributed by atoms with Crippen LogP contribution in [0.1, 0.15) is 42.9 Å². The topological polar surface area (TPSA) is 29.5 Å². The minimum atomic E-state index is -0.308. The maximum Gasteiger partial charge on any atom is 0.0790 e. The zero-order chi connectivity index (χ0) is 11.4. The molecule has 2 heteroatoms. The summed E-state index contributed by atoms with van der Waals surface area (Å²) >= 11 is 0. The van der Waals surface area contributed by atoms with Gasteiger partial charge in [0.1, 0.15) is 0 Å². The Morgan fingerprint density at radius 2 is 2.25 bits per heavy atom. The summed E-state index contributed by atoms with van der Waals surface area (Å²) in [5, 5.41) is 10.0. The van der Waals surface area contributed by atoms with Crippen molar-refractivity contribution in [3.05, 3.63) is 35.4 Å². The van der Waals surface area contributed by atoms with Gasteiger partial charge in [-0.3, -0.25) is 0 Å². The third-order valence-electron chi connectivity index (χ3n) is 3.19. The van der Waals surface area contributed by atoms with E-state index < -0.39 is 0 Å². The molecule has 1 aromatic carbocycles. The Hall–Kier alpha value is -0.860. The molecule has 2 rings (SSSR count). The highest BCUT2D eigenvalue weighted by molar-refractivity contribution is 5.24. The smallest absolute Gasteiger partial charge is 0.0790 e. The van der Waals surface area contributed by atoms with Gasteiger partial charge in [0.15, 0.2) is 0 Å². The zero-order valence-electron chi connectivity index (χ0n) is 9.86. The molecule has 1 N–H and O–H groups in total. The number of aliphatic hydroxyl groups is 1. The number of rotatable bonds is 6. The molecule has 0 aromatic heterocycles. The van der Waals surface area contributed by atoms with Crippen molar-refractivity contribution < 1.29 is 9.84 Å². The maximum atomic E-state index is 10.0. The second-order valence-electron chi connectivity index (χ2n) is 4.71. The van der Waals surface area contributed by atoms with Crippen molar-refractivity contribution in [2.24, 2.45) is 5.92 Å². The molecule has 1 aliphatic rings. The van der Waals surface area contributed by atoms with Gasteiger partial charge in [-0.15, -0.1) is 0 Å². The Morgan fingerprint density at radius 1 is 1.44 bits per heavy atom. The monoisotopic (exact) mass is 220 g/mol. The number of methoxy groups -OCH3 is 1. The predicted octanol–water partition coefficient (Wildman–Crippen LogP) is 3.06. The van der Waals surface area contributed by atoms with Crippen LogP contribution in [-0.2, 0) is 11.3 Å². The average molecular weight is 220 g/mol. The van der Waals surface area contributed by atoms with E-state index in [0.29, 0.717) is 6.61 Å². The van der Waals surface area contributed by atoms with E-state index in [1.165, 1.54) is 12.8 Å². The number of hydrogen-bond acceptors (Lipinski definition) is 2. The van der Waals surface area contributed by atoms with Crippen molar-refractivity contribution in [3.63, 3.8) is 0 Å². The van der Waals surface area contributed by atoms with E-state index in [9.17, 15) is 5.11 Å². The van der Waals surface area contributed by atoms with Crippen molar-refractivity contribution in [1.29, 1.82) is 0 Å². The fourth-order valence-corrected chi connectivity index (χ4v) is 2.02. The second-order valence-corrected chi connectivity index (χ2v) is 4.71. The molecular formula is C14H20O2.